The van der Waals surface area contributed by atoms with Crippen LogP contribution in [0.25, 0.3) is 10.3 Å². The van der Waals surface area contributed by atoms with E-state index in [9.17, 15) is 9.59 Å². The van der Waals surface area contributed by atoms with E-state index in [-0.39, 0.29) is 18.3 Å². The van der Waals surface area contributed by atoms with E-state index in [0.717, 1.165) is 34.4 Å². The number of esters is 1. The van der Waals surface area contributed by atoms with Crippen LogP contribution in [0.3, 0.4) is 0 Å². The molecule has 0 bridgehead atoms. The van der Waals surface area contributed by atoms with Crippen molar-refractivity contribution in [3.8, 4) is 0 Å². The SMILES string of the molecule is CCOC(=O)c1ccccc1NC(=O)CSc1ncnc2nc(N3CCCC(C)C3)sc12. The van der Waals surface area contributed by atoms with Gasteiger partial charge in [0.1, 0.15) is 16.1 Å². The highest BCUT2D eigenvalue weighted by atomic mass is 32.2. The Morgan fingerprint density at radius 1 is 1.31 bits per heavy atom. The largest absolute Gasteiger partial charge is 0.462 e. The summed E-state index contributed by atoms with van der Waals surface area (Å²) < 4.78 is 5.96. The third kappa shape index (κ3) is 5.18. The molecule has 1 unspecified atom stereocenters. The van der Waals surface area contributed by atoms with E-state index in [4.69, 9.17) is 9.72 Å². The highest BCUT2D eigenvalue weighted by molar-refractivity contribution is 8.00. The van der Waals surface area contributed by atoms with Crippen molar-refractivity contribution in [2.24, 2.45) is 5.92 Å². The predicted octanol–water partition coefficient (Wildman–Crippen LogP) is 4.23. The van der Waals surface area contributed by atoms with Crippen molar-refractivity contribution in [1.29, 1.82) is 0 Å². The number of ether oxygens (including phenoxy) is 1. The van der Waals surface area contributed by atoms with Crippen molar-refractivity contribution in [2.75, 3.05) is 35.7 Å². The molecule has 4 rings (SSSR count). The molecule has 168 valence electrons. The van der Waals surface area contributed by atoms with Gasteiger partial charge in [-0.2, -0.15) is 4.98 Å². The average Bonchev–Trinajstić information content (AvgIpc) is 3.23. The van der Waals surface area contributed by atoms with Crippen LogP contribution in [-0.2, 0) is 9.53 Å². The molecule has 1 aliphatic rings. The topological polar surface area (TPSA) is 97.3 Å². The summed E-state index contributed by atoms with van der Waals surface area (Å²) in [4.78, 5) is 40.4. The molecule has 10 heteroatoms. The van der Waals surface area contributed by atoms with E-state index in [0.29, 0.717) is 22.8 Å². The lowest BCUT2D eigenvalue weighted by atomic mass is 10.0. The number of thiazole rings is 1. The van der Waals surface area contributed by atoms with Crippen LogP contribution < -0.4 is 10.2 Å². The first kappa shape index (κ1) is 22.5. The van der Waals surface area contributed by atoms with Gasteiger partial charge in [0.2, 0.25) is 5.91 Å². The minimum Gasteiger partial charge on any atom is -0.462 e. The van der Waals surface area contributed by atoms with Gasteiger partial charge in [0, 0.05) is 13.1 Å². The Bertz CT molecular complexity index is 1120. The molecular formula is C22H25N5O3S2. The van der Waals surface area contributed by atoms with Gasteiger partial charge in [-0.25, -0.2) is 14.8 Å². The fourth-order valence-electron chi connectivity index (χ4n) is 3.62. The summed E-state index contributed by atoms with van der Waals surface area (Å²) in [6.45, 7) is 6.28. The van der Waals surface area contributed by atoms with Gasteiger partial charge in [-0.15, -0.1) is 0 Å². The number of thioether (sulfide) groups is 1. The van der Waals surface area contributed by atoms with Crippen LogP contribution in [0.1, 0.15) is 37.0 Å². The molecule has 0 aliphatic carbocycles. The van der Waals surface area contributed by atoms with Crippen LogP contribution in [0.4, 0.5) is 10.8 Å². The summed E-state index contributed by atoms with van der Waals surface area (Å²) in [5, 5.41) is 4.50. The number of anilines is 2. The normalized spacial score (nSPS) is 16.2. The maximum absolute atomic E-state index is 12.6. The number of hydrogen-bond acceptors (Lipinski definition) is 9. The van der Waals surface area contributed by atoms with Gasteiger partial charge < -0.3 is 15.0 Å². The van der Waals surface area contributed by atoms with Gasteiger partial charge in [0.15, 0.2) is 10.8 Å². The smallest absolute Gasteiger partial charge is 0.340 e. The number of nitrogens with zero attached hydrogens (tertiary/aromatic N) is 4. The summed E-state index contributed by atoms with van der Waals surface area (Å²) in [5.41, 5.74) is 1.43. The second-order valence-corrected chi connectivity index (χ2v) is 9.57. The molecule has 1 aliphatic heterocycles. The Labute approximate surface area is 194 Å². The third-order valence-electron chi connectivity index (χ3n) is 5.11. The zero-order valence-electron chi connectivity index (χ0n) is 18.0. The molecule has 1 atom stereocenters. The summed E-state index contributed by atoms with van der Waals surface area (Å²) in [7, 11) is 0. The lowest BCUT2D eigenvalue weighted by Gasteiger charge is -2.30. The fourth-order valence-corrected chi connectivity index (χ4v) is 5.55. The number of rotatable bonds is 7. The zero-order valence-corrected chi connectivity index (χ0v) is 19.7. The molecule has 8 nitrogen and oxygen atoms in total. The van der Waals surface area contributed by atoms with Crippen molar-refractivity contribution < 1.29 is 14.3 Å². The van der Waals surface area contributed by atoms with Crippen molar-refractivity contribution >= 4 is 56.1 Å². The van der Waals surface area contributed by atoms with Crippen molar-refractivity contribution in [3.05, 3.63) is 36.2 Å². The second-order valence-electron chi connectivity index (χ2n) is 7.62. The van der Waals surface area contributed by atoms with Gasteiger partial charge in [0.05, 0.1) is 23.6 Å². The van der Waals surface area contributed by atoms with E-state index in [1.807, 2.05) is 0 Å². The summed E-state index contributed by atoms with van der Waals surface area (Å²) >= 11 is 2.91. The quantitative estimate of drug-likeness (QED) is 0.311. The molecule has 1 amide bonds. The Morgan fingerprint density at radius 2 is 2.16 bits per heavy atom. The number of benzene rings is 1. The molecule has 1 aromatic carbocycles. The molecule has 1 fully saturated rings. The minimum absolute atomic E-state index is 0.150. The number of piperidine rings is 1. The van der Waals surface area contributed by atoms with Gasteiger partial charge in [-0.05, 0) is 37.8 Å². The lowest BCUT2D eigenvalue weighted by molar-refractivity contribution is -0.113. The first-order valence-corrected chi connectivity index (χ1v) is 12.4. The van der Waals surface area contributed by atoms with Gasteiger partial charge >= 0.3 is 5.97 Å². The number of amides is 1. The van der Waals surface area contributed by atoms with Gasteiger partial charge in [0.25, 0.3) is 0 Å². The van der Waals surface area contributed by atoms with Crippen LogP contribution in [0.5, 0.6) is 0 Å². The molecule has 32 heavy (non-hydrogen) atoms. The van der Waals surface area contributed by atoms with E-state index >= 15 is 0 Å². The Kier molecular flexibility index (Phi) is 7.21. The zero-order chi connectivity index (χ0) is 22.5. The minimum atomic E-state index is -0.460. The highest BCUT2D eigenvalue weighted by Crippen LogP contribution is 2.35. The molecule has 1 saturated heterocycles. The number of para-hydroxylation sites is 1. The van der Waals surface area contributed by atoms with E-state index in [1.165, 1.54) is 24.5 Å². The van der Waals surface area contributed by atoms with Crippen LogP contribution in [0.15, 0.2) is 35.6 Å². The Balaban J connectivity index is 1.44. The summed E-state index contributed by atoms with van der Waals surface area (Å²) in [6.07, 6.45) is 3.90. The fraction of sp³-hybridized carbons (Fsp3) is 0.409. The molecule has 3 heterocycles. The van der Waals surface area contributed by atoms with Gasteiger partial charge in [-0.1, -0.05) is 42.2 Å². The predicted molar refractivity (Wildman–Crippen MR) is 128 cm³/mol. The van der Waals surface area contributed by atoms with Crippen LogP contribution in [0.2, 0.25) is 0 Å². The molecule has 3 aromatic rings. The van der Waals surface area contributed by atoms with E-state index in [2.05, 4.69) is 27.1 Å². The monoisotopic (exact) mass is 471 g/mol. The van der Waals surface area contributed by atoms with Crippen molar-refractivity contribution in [3.63, 3.8) is 0 Å². The summed E-state index contributed by atoms with van der Waals surface area (Å²) in [6, 6.07) is 6.82. The molecule has 0 saturated carbocycles. The lowest BCUT2D eigenvalue weighted by Crippen LogP contribution is -2.34. The molecule has 1 N–H and O–H groups in total. The standard InChI is InChI=1S/C22H25N5O3S2/c1-3-30-21(29)15-8-4-5-9-16(15)25-17(28)12-31-20-18-19(23-13-24-20)26-22(32-18)27-10-6-7-14(2)11-27/h4-5,8-9,13-14H,3,6-7,10-12H2,1-2H3,(H,25,28). The number of fused-ring (bicyclic) bond motifs is 1. The van der Waals surface area contributed by atoms with Crippen molar-refractivity contribution in [1.82, 2.24) is 15.0 Å². The molecular weight excluding hydrogens is 446 g/mol. The third-order valence-corrected chi connectivity index (χ3v) is 7.34. The highest BCUT2D eigenvalue weighted by Gasteiger charge is 2.21. The van der Waals surface area contributed by atoms with E-state index < -0.39 is 5.97 Å². The molecule has 2 aromatic heterocycles. The summed E-state index contributed by atoms with van der Waals surface area (Å²) in [5.74, 6) is 0.111. The number of aromatic nitrogens is 3. The van der Waals surface area contributed by atoms with E-state index in [1.54, 1.807) is 42.5 Å². The molecule has 0 radical (unpaired) electrons. The number of nitrogens with one attached hydrogen (secondary N) is 1. The maximum atomic E-state index is 12.6. The number of carbonyl (C=O) groups is 2. The Morgan fingerprint density at radius 3 is 2.97 bits per heavy atom. The van der Waals surface area contributed by atoms with Crippen LogP contribution in [0, 0.1) is 5.92 Å². The Hall–Kier alpha value is -2.72. The van der Waals surface area contributed by atoms with Crippen LogP contribution >= 0.6 is 23.1 Å². The number of hydrogen-bond donors (Lipinski definition) is 1. The second kappa shape index (κ2) is 10.3. The van der Waals surface area contributed by atoms with Crippen molar-refractivity contribution in [2.45, 2.75) is 31.7 Å². The van der Waals surface area contributed by atoms with Gasteiger partial charge in [-0.3, -0.25) is 4.79 Å². The number of carbonyl (C=O) groups excluding carboxylic acids is 2. The first-order chi connectivity index (χ1) is 15.5. The molecule has 0 spiro atoms. The van der Waals surface area contributed by atoms with Crippen LogP contribution in [-0.4, -0.2) is 52.3 Å². The first-order valence-electron chi connectivity index (χ1n) is 10.6. The average molecular weight is 472 g/mol. The maximum Gasteiger partial charge on any atom is 0.340 e.